The fraction of sp³-hybridized carbons (Fsp3) is 0.321. The molecule has 0 saturated heterocycles. The number of ether oxygens (including phenoxy) is 1. The molecule has 0 bridgehead atoms. The first-order valence-electron chi connectivity index (χ1n) is 11.5. The quantitative estimate of drug-likeness (QED) is 0.389. The number of thiazole rings is 1. The van der Waals surface area contributed by atoms with Crippen LogP contribution in [0.15, 0.2) is 53.8 Å². The van der Waals surface area contributed by atoms with E-state index in [1.54, 1.807) is 6.08 Å². The van der Waals surface area contributed by atoms with Crippen molar-refractivity contribution in [1.82, 2.24) is 14.6 Å². The number of benzene rings is 2. The highest BCUT2D eigenvalue weighted by Gasteiger charge is 2.26. The summed E-state index contributed by atoms with van der Waals surface area (Å²) in [6, 6.07) is 11.3. The molecular formula is C28H31N3O3S. The Morgan fingerprint density at radius 3 is 2.17 bits per heavy atom. The molecule has 2 aromatic heterocycles. The SMILES string of the molecule is C=CCOc1ccc(-c2nc3s/c(=C\c4cc(C(C)(C)C)c(O)c(C(C)(C)C)c4)c(=O)n3n2)cc1. The van der Waals surface area contributed by atoms with E-state index in [-0.39, 0.29) is 16.4 Å². The smallest absolute Gasteiger partial charge is 0.291 e. The van der Waals surface area contributed by atoms with Gasteiger partial charge in [-0.05, 0) is 58.9 Å². The van der Waals surface area contributed by atoms with Gasteiger partial charge in [-0.25, -0.2) is 0 Å². The van der Waals surface area contributed by atoms with E-state index in [2.05, 4.69) is 58.2 Å². The molecule has 6 nitrogen and oxygen atoms in total. The van der Waals surface area contributed by atoms with Crippen molar-refractivity contribution in [2.75, 3.05) is 6.61 Å². The zero-order chi connectivity index (χ0) is 25.5. The van der Waals surface area contributed by atoms with Gasteiger partial charge in [-0.1, -0.05) is 65.5 Å². The Hall–Kier alpha value is -3.45. The van der Waals surface area contributed by atoms with Crippen LogP contribution in [0.3, 0.4) is 0 Å². The summed E-state index contributed by atoms with van der Waals surface area (Å²) >= 11 is 1.30. The van der Waals surface area contributed by atoms with E-state index in [0.29, 0.717) is 27.7 Å². The lowest BCUT2D eigenvalue weighted by atomic mass is 9.78. The van der Waals surface area contributed by atoms with Crippen molar-refractivity contribution in [3.05, 3.63) is 80.6 Å². The first-order valence-corrected chi connectivity index (χ1v) is 12.3. The van der Waals surface area contributed by atoms with Gasteiger partial charge in [0.1, 0.15) is 18.1 Å². The normalized spacial score (nSPS) is 12.9. The van der Waals surface area contributed by atoms with Crippen LogP contribution < -0.4 is 14.8 Å². The molecule has 0 unspecified atom stereocenters. The van der Waals surface area contributed by atoms with Crippen LogP contribution in [-0.4, -0.2) is 26.3 Å². The summed E-state index contributed by atoms with van der Waals surface area (Å²) in [5.41, 5.74) is 2.67. The zero-order valence-electron chi connectivity index (χ0n) is 21.0. The number of fused-ring (bicyclic) bond motifs is 1. The van der Waals surface area contributed by atoms with Crippen molar-refractivity contribution in [1.29, 1.82) is 0 Å². The molecule has 4 aromatic rings. The predicted molar refractivity (Wildman–Crippen MR) is 143 cm³/mol. The van der Waals surface area contributed by atoms with Crippen LogP contribution in [0.5, 0.6) is 11.5 Å². The highest BCUT2D eigenvalue weighted by atomic mass is 32.1. The van der Waals surface area contributed by atoms with E-state index in [4.69, 9.17) is 4.74 Å². The highest BCUT2D eigenvalue weighted by molar-refractivity contribution is 7.15. The van der Waals surface area contributed by atoms with Crippen LogP contribution in [0, 0.1) is 0 Å². The van der Waals surface area contributed by atoms with Gasteiger partial charge in [-0.2, -0.15) is 9.50 Å². The van der Waals surface area contributed by atoms with Crippen LogP contribution in [0.2, 0.25) is 0 Å². The molecule has 0 aliphatic carbocycles. The average Bonchev–Trinajstić information content (AvgIpc) is 3.31. The van der Waals surface area contributed by atoms with Crippen molar-refractivity contribution in [3.8, 4) is 22.9 Å². The van der Waals surface area contributed by atoms with E-state index in [1.807, 2.05) is 42.5 Å². The predicted octanol–water partition coefficient (Wildman–Crippen LogP) is 5.23. The molecule has 0 fully saturated rings. The summed E-state index contributed by atoms with van der Waals surface area (Å²) in [7, 11) is 0. The Labute approximate surface area is 209 Å². The van der Waals surface area contributed by atoms with Crippen molar-refractivity contribution in [2.45, 2.75) is 52.4 Å². The van der Waals surface area contributed by atoms with Gasteiger partial charge in [0, 0.05) is 16.7 Å². The molecule has 0 atom stereocenters. The molecule has 2 heterocycles. The Kier molecular flexibility index (Phi) is 6.32. The summed E-state index contributed by atoms with van der Waals surface area (Å²) in [6.07, 6.45) is 3.55. The van der Waals surface area contributed by atoms with Gasteiger partial charge < -0.3 is 9.84 Å². The minimum Gasteiger partial charge on any atom is -0.507 e. The second-order valence-corrected chi connectivity index (χ2v) is 11.6. The van der Waals surface area contributed by atoms with Crippen LogP contribution in [0.1, 0.15) is 58.2 Å². The van der Waals surface area contributed by atoms with Gasteiger partial charge in [-0.15, -0.1) is 5.10 Å². The third-order valence-corrected chi connectivity index (χ3v) is 6.67. The number of rotatable bonds is 5. The summed E-state index contributed by atoms with van der Waals surface area (Å²) in [4.78, 5) is 18.3. The highest BCUT2D eigenvalue weighted by Crippen LogP contribution is 2.39. The maximum atomic E-state index is 13.1. The number of hydrogen-bond donors (Lipinski definition) is 1. The van der Waals surface area contributed by atoms with Crippen LogP contribution >= 0.6 is 11.3 Å². The summed E-state index contributed by atoms with van der Waals surface area (Å²) in [5, 5.41) is 15.4. The standard InChI is InChI=1S/C28H31N3O3S/c1-8-13-34-19-11-9-18(10-12-19)24-29-26-31(30-24)25(33)22(35-26)16-17-14-20(27(2,3)4)23(32)21(15-17)28(5,6)7/h8-12,14-16,32H,1,13H2,2-7H3/b22-16-. The number of phenols is 1. The molecule has 0 amide bonds. The molecule has 182 valence electrons. The lowest BCUT2D eigenvalue weighted by Crippen LogP contribution is -2.24. The molecule has 35 heavy (non-hydrogen) atoms. The molecular weight excluding hydrogens is 458 g/mol. The van der Waals surface area contributed by atoms with Crippen LogP contribution in [0.25, 0.3) is 22.4 Å². The van der Waals surface area contributed by atoms with E-state index in [0.717, 1.165) is 28.0 Å². The molecule has 0 radical (unpaired) electrons. The van der Waals surface area contributed by atoms with E-state index >= 15 is 0 Å². The fourth-order valence-corrected chi connectivity index (χ4v) is 4.75. The third kappa shape index (κ3) is 5.00. The van der Waals surface area contributed by atoms with E-state index in [1.165, 1.54) is 15.9 Å². The Morgan fingerprint density at radius 2 is 1.66 bits per heavy atom. The van der Waals surface area contributed by atoms with Crippen molar-refractivity contribution < 1.29 is 9.84 Å². The first-order chi connectivity index (χ1) is 16.4. The minimum atomic E-state index is -0.249. The maximum Gasteiger partial charge on any atom is 0.291 e. The van der Waals surface area contributed by atoms with Gasteiger partial charge >= 0.3 is 0 Å². The zero-order valence-corrected chi connectivity index (χ0v) is 21.9. The van der Waals surface area contributed by atoms with Crippen LogP contribution in [0.4, 0.5) is 0 Å². The van der Waals surface area contributed by atoms with Gasteiger partial charge in [-0.3, -0.25) is 4.79 Å². The topological polar surface area (TPSA) is 76.7 Å². The van der Waals surface area contributed by atoms with E-state index in [9.17, 15) is 9.90 Å². The summed E-state index contributed by atoms with van der Waals surface area (Å²) in [5.74, 6) is 1.54. The Balaban J connectivity index is 1.76. The molecule has 1 N–H and O–H groups in total. The molecule has 7 heteroatoms. The summed E-state index contributed by atoms with van der Waals surface area (Å²) < 4.78 is 7.41. The molecule has 0 saturated carbocycles. The molecule has 2 aromatic carbocycles. The number of phenolic OH excluding ortho intramolecular Hbond substituents is 1. The molecule has 0 aliphatic rings. The van der Waals surface area contributed by atoms with Gasteiger partial charge in [0.15, 0.2) is 5.82 Å². The van der Waals surface area contributed by atoms with Gasteiger partial charge in [0.05, 0.1) is 4.53 Å². The Morgan fingerprint density at radius 1 is 1.06 bits per heavy atom. The first kappa shape index (κ1) is 24.7. The lowest BCUT2D eigenvalue weighted by molar-refractivity contribution is 0.363. The number of aromatic nitrogens is 3. The third-order valence-electron chi connectivity index (χ3n) is 5.71. The van der Waals surface area contributed by atoms with Gasteiger partial charge in [0.25, 0.3) is 5.56 Å². The minimum absolute atomic E-state index is 0.211. The second-order valence-electron chi connectivity index (χ2n) is 10.6. The fourth-order valence-electron chi connectivity index (χ4n) is 3.85. The monoisotopic (exact) mass is 489 g/mol. The molecule has 0 spiro atoms. The van der Waals surface area contributed by atoms with E-state index < -0.39 is 0 Å². The number of aromatic hydroxyl groups is 1. The number of hydrogen-bond acceptors (Lipinski definition) is 6. The van der Waals surface area contributed by atoms with Crippen molar-refractivity contribution in [2.24, 2.45) is 0 Å². The second kappa shape index (κ2) is 8.96. The van der Waals surface area contributed by atoms with Crippen molar-refractivity contribution >= 4 is 22.4 Å². The lowest BCUT2D eigenvalue weighted by Gasteiger charge is -2.27. The van der Waals surface area contributed by atoms with Gasteiger partial charge in [0.2, 0.25) is 4.96 Å². The average molecular weight is 490 g/mol. The van der Waals surface area contributed by atoms with Crippen molar-refractivity contribution in [3.63, 3.8) is 0 Å². The van der Waals surface area contributed by atoms with Crippen LogP contribution in [-0.2, 0) is 10.8 Å². The maximum absolute atomic E-state index is 13.1. The number of nitrogens with zero attached hydrogens (tertiary/aromatic N) is 3. The molecule has 0 aliphatic heterocycles. The molecule has 4 rings (SSSR count). The summed E-state index contributed by atoms with van der Waals surface area (Å²) in [6.45, 7) is 16.5. The Bertz CT molecular complexity index is 1470. The largest absolute Gasteiger partial charge is 0.507 e.